The molecule has 3 aliphatic rings. The van der Waals surface area contributed by atoms with Crippen molar-refractivity contribution in [2.45, 2.75) is 43.7 Å². The average Bonchev–Trinajstić information content (AvgIpc) is 3.55. The van der Waals surface area contributed by atoms with Crippen molar-refractivity contribution in [3.05, 3.63) is 52.7 Å². The molecule has 158 valence electrons. The second-order valence-corrected chi connectivity index (χ2v) is 8.82. The molecule has 1 saturated carbocycles. The Bertz CT molecular complexity index is 937. The minimum Gasteiger partial charge on any atom is -0.472 e. The molecule has 3 fully saturated rings. The molecule has 1 aliphatic carbocycles. The molecule has 0 spiro atoms. The molecule has 6 nitrogen and oxygen atoms in total. The lowest BCUT2D eigenvalue weighted by Gasteiger charge is -2.25. The van der Waals surface area contributed by atoms with Gasteiger partial charge < -0.3 is 9.64 Å². The maximum absolute atomic E-state index is 13.4. The molecule has 1 amide bonds. The van der Waals surface area contributed by atoms with Gasteiger partial charge in [-0.1, -0.05) is 11.6 Å². The summed E-state index contributed by atoms with van der Waals surface area (Å²) in [6.45, 7) is 3.05. The lowest BCUT2D eigenvalue weighted by atomic mass is 10.1. The van der Waals surface area contributed by atoms with Crippen LogP contribution in [0.5, 0.6) is 5.88 Å². The molecule has 0 bridgehead atoms. The zero-order chi connectivity index (χ0) is 20.7. The zero-order valence-electron chi connectivity index (χ0n) is 16.6. The van der Waals surface area contributed by atoms with Gasteiger partial charge in [0.15, 0.2) is 0 Å². The highest BCUT2D eigenvalue weighted by atomic mass is 35.5. The summed E-state index contributed by atoms with van der Waals surface area (Å²) >= 11 is 5.86. The van der Waals surface area contributed by atoms with Crippen LogP contribution in [-0.4, -0.2) is 64.0 Å². The summed E-state index contributed by atoms with van der Waals surface area (Å²) < 4.78 is 19.5. The molecule has 2 saturated heterocycles. The third-order valence-electron chi connectivity index (χ3n) is 6.18. The van der Waals surface area contributed by atoms with Crippen molar-refractivity contribution in [3.8, 4) is 5.88 Å². The number of ether oxygens (including phenoxy) is 1. The summed E-state index contributed by atoms with van der Waals surface area (Å²) in [6.07, 6.45) is 7.71. The lowest BCUT2D eigenvalue weighted by molar-refractivity contribution is 0.0742. The second kappa shape index (κ2) is 8.12. The number of amides is 1. The number of nitrogens with zero attached hydrogens (tertiary/aromatic N) is 4. The standard InChI is InChI=1S/C22H24ClFN4O2/c23-18-8-15(4-5-19(18)24)22(29)28-7-1-6-27-13-17(9-16(27)12-28)30-21-11-25-20(10-26-21)14-2-3-14/h4-5,8,10-11,14,16-17H,1-3,6-7,9,12-13H2/t16-,17+/m0/s1. The van der Waals surface area contributed by atoms with Crippen LogP contribution in [0.1, 0.15) is 47.7 Å². The number of aromatic nitrogens is 2. The van der Waals surface area contributed by atoms with E-state index in [1.165, 1.54) is 31.0 Å². The Morgan fingerprint density at radius 2 is 2.03 bits per heavy atom. The van der Waals surface area contributed by atoms with Crippen LogP contribution in [0.15, 0.2) is 30.6 Å². The Morgan fingerprint density at radius 3 is 2.77 bits per heavy atom. The van der Waals surface area contributed by atoms with E-state index in [-0.39, 0.29) is 23.1 Å². The van der Waals surface area contributed by atoms with E-state index >= 15 is 0 Å². The van der Waals surface area contributed by atoms with Crippen LogP contribution in [0, 0.1) is 5.82 Å². The Hall–Kier alpha value is -2.25. The van der Waals surface area contributed by atoms with Crippen molar-refractivity contribution in [1.82, 2.24) is 19.8 Å². The summed E-state index contributed by atoms with van der Waals surface area (Å²) in [6, 6.07) is 4.38. The number of hydrogen-bond donors (Lipinski definition) is 0. The number of fused-ring (bicyclic) bond motifs is 1. The highest BCUT2D eigenvalue weighted by molar-refractivity contribution is 6.31. The van der Waals surface area contributed by atoms with Gasteiger partial charge in [0.2, 0.25) is 5.88 Å². The van der Waals surface area contributed by atoms with Crippen LogP contribution in [0.2, 0.25) is 5.02 Å². The lowest BCUT2D eigenvalue weighted by Crippen LogP contribution is -2.39. The van der Waals surface area contributed by atoms with E-state index in [4.69, 9.17) is 16.3 Å². The van der Waals surface area contributed by atoms with Gasteiger partial charge in [-0.05, 0) is 37.5 Å². The summed E-state index contributed by atoms with van der Waals surface area (Å²) in [7, 11) is 0. The van der Waals surface area contributed by atoms with Gasteiger partial charge in [0.1, 0.15) is 11.9 Å². The molecule has 0 N–H and O–H groups in total. The maximum Gasteiger partial charge on any atom is 0.253 e. The number of benzene rings is 1. The van der Waals surface area contributed by atoms with Gasteiger partial charge in [0.05, 0.1) is 23.1 Å². The molecular formula is C22H24ClFN4O2. The third kappa shape index (κ3) is 4.14. The predicted octanol–water partition coefficient (Wildman–Crippen LogP) is 3.51. The van der Waals surface area contributed by atoms with Gasteiger partial charge in [0.25, 0.3) is 5.91 Å². The Morgan fingerprint density at radius 1 is 1.17 bits per heavy atom. The van der Waals surface area contributed by atoms with Crippen LogP contribution in [-0.2, 0) is 0 Å². The van der Waals surface area contributed by atoms with Crippen LogP contribution in [0.25, 0.3) is 0 Å². The van der Waals surface area contributed by atoms with Crippen molar-refractivity contribution in [2.75, 3.05) is 26.2 Å². The smallest absolute Gasteiger partial charge is 0.253 e. The molecule has 8 heteroatoms. The Labute approximate surface area is 180 Å². The number of rotatable bonds is 4. The van der Waals surface area contributed by atoms with Crippen LogP contribution in [0.3, 0.4) is 0 Å². The molecule has 3 heterocycles. The normalized spacial score (nSPS) is 24.4. The molecule has 2 atom stereocenters. The summed E-state index contributed by atoms with van der Waals surface area (Å²) in [5.74, 6) is 0.523. The molecule has 2 aliphatic heterocycles. The topological polar surface area (TPSA) is 58.6 Å². The summed E-state index contributed by atoms with van der Waals surface area (Å²) in [5.41, 5.74) is 1.48. The predicted molar refractivity (Wildman–Crippen MR) is 110 cm³/mol. The zero-order valence-corrected chi connectivity index (χ0v) is 17.4. The largest absolute Gasteiger partial charge is 0.472 e. The minimum absolute atomic E-state index is 0.0274. The fraction of sp³-hybridized carbons (Fsp3) is 0.500. The maximum atomic E-state index is 13.4. The molecule has 30 heavy (non-hydrogen) atoms. The summed E-state index contributed by atoms with van der Waals surface area (Å²) in [5, 5.41) is -0.0274. The first-order valence-corrected chi connectivity index (χ1v) is 10.9. The Kier molecular flexibility index (Phi) is 5.33. The van der Waals surface area contributed by atoms with Crippen molar-refractivity contribution in [2.24, 2.45) is 0 Å². The number of carbonyl (C=O) groups excluding carboxylic acids is 1. The Balaban J connectivity index is 1.22. The van der Waals surface area contributed by atoms with E-state index in [1.54, 1.807) is 6.20 Å². The van der Waals surface area contributed by atoms with Crippen LogP contribution >= 0.6 is 11.6 Å². The second-order valence-electron chi connectivity index (χ2n) is 8.41. The van der Waals surface area contributed by atoms with Gasteiger partial charge in [-0.25, -0.2) is 9.37 Å². The molecule has 5 rings (SSSR count). The average molecular weight is 431 g/mol. The van der Waals surface area contributed by atoms with E-state index in [0.29, 0.717) is 30.5 Å². The SMILES string of the molecule is O=C(c1ccc(F)c(Cl)c1)N1CCCN2C[C@H](Oc3cnc(C4CC4)cn3)C[C@H]2C1. The number of halogens is 2. The third-order valence-corrected chi connectivity index (χ3v) is 6.47. The van der Waals surface area contributed by atoms with Gasteiger partial charge in [-0.3, -0.25) is 14.7 Å². The van der Waals surface area contributed by atoms with Crippen LogP contribution < -0.4 is 4.74 Å². The summed E-state index contributed by atoms with van der Waals surface area (Å²) in [4.78, 5) is 26.1. The van der Waals surface area contributed by atoms with Gasteiger partial charge in [-0.2, -0.15) is 0 Å². The van der Waals surface area contributed by atoms with Crippen molar-refractivity contribution >= 4 is 17.5 Å². The highest BCUT2D eigenvalue weighted by Crippen LogP contribution is 2.38. The molecular weight excluding hydrogens is 407 g/mol. The van der Waals surface area contributed by atoms with Gasteiger partial charge >= 0.3 is 0 Å². The minimum atomic E-state index is -0.515. The van der Waals surface area contributed by atoms with Gasteiger partial charge in [-0.15, -0.1) is 0 Å². The molecule has 1 aromatic heterocycles. The fourth-order valence-electron chi connectivity index (χ4n) is 4.44. The van der Waals surface area contributed by atoms with E-state index in [0.717, 1.165) is 31.6 Å². The van der Waals surface area contributed by atoms with E-state index in [1.807, 2.05) is 11.1 Å². The van der Waals surface area contributed by atoms with E-state index in [9.17, 15) is 9.18 Å². The van der Waals surface area contributed by atoms with Gasteiger partial charge in [0, 0.05) is 50.1 Å². The van der Waals surface area contributed by atoms with Crippen LogP contribution in [0.4, 0.5) is 4.39 Å². The van der Waals surface area contributed by atoms with E-state index < -0.39 is 5.82 Å². The quantitative estimate of drug-likeness (QED) is 0.742. The van der Waals surface area contributed by atoms with Crippen molar-refractivity contribution < 1.29 is 13.9 Å². The monoisotopic (exact) mass is 430 g/mol. The highest BCUT2D eigenvalue weighted by Gasteiger charge is 2.37. The molecule has 2 aromatic rings. The first-order valence-electron chi connectivity index (χ1n) is 10.5. The molecule has 0 unspecified atom stereocenters. The van der Waals surface area contributed by atoms with E-state index in [2.05, 4.69) is 14.9 Å². The van der Waals surface area contributed by atoms with Crippen molar-refractivity contribution in [3.63, 3.8) is 0 Å². The van der Waals surface area contributed by atoms with Crippen molar-refractivity contribution in [1.29, 1.82) is 0 Å². The molecule has 1 aromatic carbocycles. The fourth-order valence-corrected chi connectivity index (χ4v) is 4.62. The first kappa shape index (κ1) is 19.7. The number of hydrogen-bond acceptors (Lipinski definition) is 5. The molecule has 0 radical (unpaired) electrons. The first-order chi connectivity index (χ1) is 14.6. The number of carbonyl (C=O) groups is 1.